The molecule has 1 aromatic rings. The summed E-state index contributed by atoms with van der Waals surface area (Å²) < 4.78 is 53.5. The average molecular weight is 537 g/mol. The Labute approximate surface area is 208 Å². The lowest BCUT2D eigenvalue weighted by Crippen LogP contribution is -2.78. The molecule has 0 radical (unpaired) electrons. The Hall–Kier alpha value is -1.49. The third-order valence-electron chi connectivity index (χ3n) is 7.15. The number of nitrogens with zero attached hydrogens (tertiary/aromatic N) is 2. The molecule has 1 amide bonds. The predicted octanol–water partition coefficient (Wildman–Crippen LogP) is 3.60. The molecule has 3 fully saturated rings. The number of carbonyl (C=O) groups is 1. The van der Waals surface area contributed by atoms with E-state index in [2.05, 4.69) is 15.6 Å². The van der Waals surface area contributed by atoms with E-state index in [4.69, 9.17) is 23.2 Å². The summed E-state index contributed by atoms with van der Waals surface area (Å²) in [6.45, 7) is 3.82. The highest BCUT2D eigenvalue weighted by Crippen LogP contribution is 2.71. The number of hydrogen-bond acceptors (Lipinski definition) is 5. The third kappa shape index (κ3) is 4.31. The first-order valence-corrected chi connectivity index (χ1v) is 13.4. The Morgan fingerprint density at radius 1 is 1.26 bits per heavy atom. The van der Waals surface area contributed by atoms with Crippen molar-refractivity contribution in [3.63, 3.8) is 0 Å². The average Bonchev–Trinajstić information content (AvgIpc) is 3.00. The summed E-state index contributed by atoms with van der Waals surface area (Å²) in [6.07, 6.45) is -1.90. The van der Waals surface area contributed by atoms with Gasteiger partial charge >= 0.3 is 0 Å². The van der Waals surface area contributed by atoms with E-state index in [0.29, 0.717) is 40.7 Å². The van der Waals surface area contributed by atoms with Gasteiger partial charge in [0, 0.05) is 31.0 Å². The van der Waals surface area contributed by atoms with Crippen molar-refractivity contribution in [2.75, 3.05) is 12.8 Å². The number of amidine groups is 1. The molecule has 0 aromatic heterocycles. The largest absolute Gasteiger partial charge is 0.366 e. The zero-order chi connectivity index (χ0) is 25.1. The number of hydrogen-bond donors (Lipinski definition) is 2. The second kappa shape index (κ2) is 8.57. The highest BCUT2D eigenvalue weighted by molar-refractivity contribution is 7.89. The molecule has 5 rings (SSSR count). The molecular formula is C22H28Cl2F2N4O3S. The zero-order valence-corrected chi connectivity index (χ0v) is 21.5. The lowest BCUT2D eigenvalue weighted by molar-refractivity contribution is -0.151. The van der Waals surface area contributed by atoms with Gasteiger partial charge in [-0.2, -0.15) is 4.31 Å². The summed E-state index contributed by atoms with van der Waals surface area (Å²) in [5, 5.41) is 6.64. The second-order valence-electron chi connectivity index (χ2n) is 10.1. The first-order chi connectivity index (χ1) is 15.7. The number of carbonyl (C=O) groups excluding carboxylic acids is 1. The minimum absolute atomic E-state index is 0.0187. The van der Waals surface area contributed by atoms with Crippen LogP contribution < -0.4 is 10.6 Å². The molecule has 2 bridgehead atoms. The summed E-state index contributed by atoms with van der Waals surface area (Å²) in [6, 6.07) is 4.29. The van der Waals surface area contributed by atoms with E-state index in [1.807, 2.05) is 13.8 Å². The van der Waals surface area contributed by atoms with Gasteiger partial charge in [0.15, 0.2) is 6.04 Å². The molecule has 1 aromatic carbocycles. The lowest BCUT2D eigenvalue weighted by atomic mass is 9.38. The molecule has 0 spiro atoms. The number of rotatable bonds is 9. The molecule has 1 heterocycles. The number of aliphatic imine (C=N–C) groups is 1. The first kappa shape index (κ1) is 25.6. The lowest BCUT2D eigenvalue weighted by Gasteiger charge is -2.73. The van der Waals surface area contributed by atoms with E-state index in [9.17, 15) is 22.0 Å². The number of likely N-dealkylation sites (N-methyl/N-ethyl adjacent to an activating group) is 1. The summed E-state index contributed by atoms with van der Waals surface area (Å²) in [5.41, 5.74) is -0.951. The highest BCUT2D eigenvalue weighted by atomic mass is 35.5. The van der Waals surface area contributed by atoms with Crippen molar-refractivity contribution in [3.8, 4) is 0 Å². The van der Waals surface area contributed by atoms with Crippen LogP contribution in [-0.4, -0.2) is 60.8 Å². The van der Waals surface area contributed by atoms with Gasteiger partial charge in [0.2, 0.25) is 22.4 Å². The van der Waals surface area contributed by atoms with Gasteiger partial charge in [0.1, 0.15) is 5.84 Å². The number of amides is 1. The standard InChI is InChI=1S/C22H28Cl2F2N4O3S/c1-20(2)17(18(31)27-3)28-19(29-20)21-10-22(11-21,12-21)30(34(32,33)7-6-16(25)26)9-13-4-5-14(23)15(24)8-13/h4-5,8,16-17H,6-7,9-12H2,1-3H3,(H,27,31)(H,28,29)/t17-,21?,22?/m0/s1. The zero-order valence-electron chi connectivity index (χ0n) is 19.2. The summed E-state index contributed by atoms with van der Waals surface area (Å²) in [5.74, 6) is -0.108. The van der Waals surface area contributed by atoms with Gasteiger partial charge in [-0.3, -0.25) is 9.79 Å². The van der Waals surface area contributed by atoms with Crippen LogP contribution >= 0.6 is 23.2 Å². The van der Waals surface area contributed by atoms with Crippen molar-refractivity contribution in [1.82, 2.24) is 14.9 Å². The topological polar surface area (TPSA) is 90.9 Å². The SMILES string of the molecule is CNC(=O)[C@@H]1N=C(C23CC(N(Cc4ccc(Cl)c(Cl)c4)S(=O)(=O)CCC(F)F)(C2)C3)NC1(C)C. The van der Waals surface area contributed by atoms with Crippen molar-refractivity contribution in [2.24, 2.45) is 10.4 Å². The molecular weight excluding hydrogens is 509 g/mol. The smallest absolute Gasteiger partial charge is 0.247 e. The van der Waals surface area contributed by atoms with E-state index in [-0.39, 0.29) is 17.9 Å². The number of alkyl halides is 2. The van der Waals surface area contributed by atoms with Crippen LogP contribution in [0.3, 0.4) is 0 Å². The molecule has 2 N–H and O–H groups in total. The molecule has 188 valence electrons. The Balaban J connectivity index is 1.57. The fourth-order valence-electron chi connectivity index (χ4n) is 5.45. The van der Waals surface area contributed by atoms with Gasteiger partial charge in [-0.05, 0) is 50.8 Å². The van der Waals surface area contributed by atoms with Gasteiger partial charge in [-0.25, -0.2) is 17.2 Å². The summed E-state index contributed by atoms with van der Waals surface area (Å²) in [7, 11) is -2.41. The molecule has 0 unspecified atom stereocenters. The molecule has 12 heteroatoms. The van der Waals surface area contributed by atoms with E-state index in [1.165, 1.54) is 4.31 Å². The molecule has 1 aliphatic heterocycles. The van der Waals surface area contributed by atoms with E-state index < -0.39 is 45.7 Å². The maximum atomic E-state index is 13.2. The van der Waals surface area contributed by atoms with Gasteiger partial charge in [-0.15, -0.1) is 0 Å². The van der Waals surface area contributed by atoms with Crippen LogP contribution in [0.2, 0.25) is 10.0 Å². The number of sulfonamides is 1. The van der Waals surface area contributed by atoms with Crippen molar-refractivity contribution < 1.29 is 22.0 Å². The van der Waals surface area contributed by atoms with Crippen LogP contribution in [0.5, 0.6) is 0 Å². The van der Waals surface area contributed by atoms with Crippen molar-refractivity contribution >= 4 is 45.0 Å². The van der Waals surface area contributed by atoms with Gasteiger partial charge in [0.05, 0.1) is 21.3 Å². The van der Waals surface area contributed by atoms with Crippen LogP contribution in [0.4, 0.5) is 8.78 Å². The Morgan fingerprint density at radius 2 is 1.91 bits per heavy atom. The maximum absolute atomic E-state index is 13.2. The van der Waals surface area contributed by atoms with Gasteiger partial charge in [0.25, 0.3) is 0 Å². The van der Waals surface area contributed by atoms with E-state index in [1.54, 1.807) is 25.2 Å². The van der Waals surface area contributed by atoms with Crippen LogP contribution in [0.1, 0.15) is 45.1 Å². The monoisotopic (exact) mass is 536 g/mol. The molecule has 1 atom stereocenters. The maximum Gasteiger partial charge on any atom is 0.247 e. The second-order valence-corrected chi connectivity index (χ2v) is 13.0. The summed E-state index contributed by atoms with van der Waals surface area (Å²) in [4.78, 5) is 16.9. The van der Waals surface area contributed by atoms with Crippen LogP contribution in [0.25, 0.3) is 0 Å². The van der Waals surface area contributed by atoms with E-state index in [0.717, 1.165) is 0 Å². The van der Waals surface area contributed by atoms with E-state index >= 15 is 0 Å². The number of nitrogens with one attached hydrogen (secondary N) is 2. The minimum atomic E-state index is -3.97. The van der Waals surface area contributed by atoms with Crippen molar-refractivity contribution in [1.29, 1.82) is 0 Å². The minimum Gasteiger partial charge on any atom is -0.366 e. The highest BCUT2D eigenvalue weighted by Gasteiger charge is 2.75. The quantitative estimate of drug-likeness (QED) is 0.504. The fourth-order valence-corrected chi connectivity index (χ4v) is 7.60. The molecule has 3 saturated carbocycles. The molecule has 0 saturated heterocycles. The molecule has 34 heavy (non-hydrogen) atoms. The molecule has 4 aliphatic rings. The number of halogens is 4. The fraction of sp³-hybridized carbons (Fsp3) is 0.636. The molecule has 7 nitrogen and oxygen atoms in total. The van der Waals surface area contributed by atoms with Gasteiger partial charge in [-0.1, -0.05) is 29.3 Å². The Morgan fingerprint density at radius 3 is 2.47 bits per heavy atom. The van der Waals surface area contributed by atoms with Crippen LogP contribution in [0.15, 0.2) is 23.2 Å². The van der Waals surface area contributed by atoms with Crippen molar-refractivity contribution in [3.05, 3.63) is 33.8 Å². The van der Waals surface area contributed by atoms with Gasteiger partial charge < -0.3 is 10.6 Å². The number of benzene rings is 1. The van der Waals surface area contributed by atoms with Crippen LogP contribution in [-0.2, 0) is 21.4 Å². The Bertz CT molecular complexity index is 1120. The van der Waals surface area contributed by atoms with Crippen molar-refractivity contribution in [2.45, 2.75) is 69.6 Å². The molecule has 3 aliphatic carbocycles. The van der Waals surface area contributed by atoms with Crippen LogP contribution in [0, 0.1) is 5.41 Å². The predicted molar refractivity (Wildman–Crippen MR) is 128 cm³/mol. The Kier molecular flexibility index (Phi) is 6.45. The third-order valence-corrected chi connectivity index (χ3v) is 9.83. The first-order valence-electron chi connectivity index (χ1n) is 11.0. The normalized spacial score (nSPS) is 29.3. The summed E-state index contributed by atoms with van der Waals surface area (Å²) >= 11 is 12.1.